The van der Waals surface area contributed by atoms with E-state index in [1.54, 1.807) is 0 Å². The lowest BCUT2D eigenvalue weighted by Crippen LogP contribution is -2.37. The third-order valence-corrected chi connectivity index (χ3v) is 6.27. The molecule has 30 heavy (non-hydrogen) atoms. The molecule has 0 saturated heterocycles. The standard InChI is InChI=1S/C16H24N2O10Si2/c1-29(25,26)5-3-17-13(19)9-7-10(14(20)18-4-6-30(2,27)28)12(16(23)24)8-11(9)15(21)22/h7-8,25-28H,3-6H2,1-2H3,(H,17,19)(H,18,20)(H,21,22)(H,23,24). The van der Waals surface area contributed by atoms with Crippen LogP contribution in [0.15, 0.2) is 12.1 Å². The smallest absolute Gasteiger partial charge is 0.336 e. The highest BCUT2D eigenvalue weighted by Crippen LogP contribution is 2.19. The molecular formula is C16H24N2O10Si2. The van der Waals surface area contributed by atoms with Crippen LogP contribution in [0.25, 0.3) is 0 Å². The van der Waals surface area contributed by atoms with E-state index in [-0.39, 0.29) is 25.2 Å². The molecular weight excluding hydrogens is 436 g/mol. The Morgan fingerprint density at radius 1 is 0.700 bits per heavy atom. The van der Waals surface area contributed by atoms with Gasteiger partial charge in [0, 0.05) is 25.2 Å². The number of hydrogen-bond acceptors (Lipinski definition) is 8. The Bertz CT molecular complexity index is 780. The fraction of sp³-hybridized carbons (Fsp3) is 0.375. The minimum absolute atomic E-state index is 0.132. The van der Waals surface area contributed by atoms with Crippen molar-refractivity contribution in [3.63, 3.8) is 0 Å². The summed E-state index contributed by atoms with van der Waals surface area (Å²) in [6.45, 7) is 2.09. The van der Waals surface area contributed by atoms with Gasteiger partial charge in [0.15, 0.2) is 0 Å². The molecule has 0 unspecified atom stereocenters. The zero-order valence-electron chi connectivity index (χ0n) is 16.3. The van der Waals surface area contributed by atoms with Gasteiger partial charge >= 0.3 is 29.1 Å². The number of hydrogen-bond donors (Lipinski definition) is 8. The second kappa shape index (κ2) is 9.92. The second-order valence-electron chi connectivity index (χ2n) is 7.00. The third-order valence-electron chi connectivity index (χ3n) is 3.88. The van der Waals surface area contributed by atoms with Gasteiger partial charge in [-0.1, -0.05) is 0 Å². The van der Waals surface area contributed by atoms with Crippen LogP contribution in [0, 0.1) is 0 Å². The summed E-state index contributed by atoms with van der Waals surface area (Å²) in [5.41, 5.74) is -2.28. The summed E-state index contributed by atoms with van der Waals surface area (Å²) < 4.78 is 0. The second-order valence-corrected chi connectivity index (χ2v) is 12.9. The Kier molecular flexibility index (Phi) is 8.40. The van der Waals surface area contributed by atoms with Crippen LogP contribution in [0.1, 0.15) is 41.4 Å². The fourth-order valence-electron chi connectivity index (χ4n) is 2.35. The number of carboxylic acid groups (broad SMARTS) is 2. The normalized spacial score (nSPS) is 11.7. The van der Waals surface area contributed by atoms with Gasteiger partial charge in [-0.2, -0.15) is 0 Å². The van der Waals surface area contributed by atoms with E-state index in [1.165, 1.54) is 13.1 Å². The minimum Gasteiger partial charge on any atom is -0.478 e. The van der Waals surface area contributed by atoms with Gasteiger partial charge in [-0.05, 0) is 25.2 Å². The van der Waals surface area contributed by atoms with Gasteiger partial charge in [0.25, 0.3) is 11.8 Å². The first-order valence-electron chi connectivity index (χ1n) is 8.73. The van der Waals surface area contributed by atoms with Crippen molar-refractivity contribution in [2.24, 2.45) is 0 Å². The molecule has 0 aliphatic heterocycles. The topological polar surface area (TPSA) is 214 Å². The monoisotopic (exact) mass is 460 g/mol. The first-order valence-corrected chi connectivity index (χ1v) is 13.9. The largest absolute Gasteiger partial charge is 0.478 e. The van der Waals surface area contributed by atoms with Crippen LogP contribution in [-0.2, 0) is 0 Å². The molecule has 1 aromatic rings. The van der Waals surface area contributed by atoms with E-state index < -0.39 is 63.1 Å². The highest BCUT2D eigenvalue weighted by atomic mass is 28.4. The molecule has 0 fully saturated rings. The predicted molar refractivity (Wildman–Crippen MR) is 107 cm³/mol. The molecule has 0 aliphatic rings. The summed E-state index contributed by atoms with van der Waals surface area (Å²) in [5, 5.41) is 23.3. The Balaban J connectivity index is 3.25. The van der Waals surface area contributed by atoms with Crippen LogP contribution in [0.2, 0.25) is 25.2 Å². The number of rotatable bonds is 10. The van der Waals surface area contributed by atoms with Crippen molar-refractivity contribution in [3.05, 3.63) is 34.4 Å². The number of aromatic carboxylic acids is 2. The average Bonchev–Trinajstić information content (AvgIpc) is 2.57. The van der Waals surface area contributed by atoms with Crippen molar-refractivity contribution < 1.29 is 48.6 Å². The molecule has 0 radical (unpaired) electrons. The van der Waals surface area contributed by atoms with E-state index in [0.29, 0.717) is 6.07 Å². The Morgan fingerprint density at radius 2 is 1.00 bits per heavy atom. The quantitative estimate of drug-likeness (QED) is 0.192. The van der Waals surface area contributed by atoms with Crippen molar-refractivity contribution in [1.82, 2.24) is 10.6 Å². The molecule has 0 atom stereocenters. The van der Waals surface area contributed by atoms with E-state index in [1.807, 2.05) is 0 Å². The number of carbonyl (C=O) groups excluding carboxylic acids is 2. The van der Waals surface area contributed by atoms with Gasteiger partial charge < -0.3 is 40.0 Å². The summed E-state index contributed by atoms with van der Waals surface area (Å²) in [6, 6.07) is 1.24. The Labute approximate surface area is 173 Å². The van der Waals surface area contributed by atoms with Gasteiger partial charge in [-0.3, -0.25) is 9.59 Å². The average molecular weight is 461 g/mol. The zero-order chi connectivity index (χ0) is 23.3. The van der Waals surface area contributed by atoms with Crippen LogP contribution < -0.4 is 10.6 Å². The molecule has 1 aromatic carbocycles. The van der Waals surface area contributed by atoms with Crippen LogP contribution in [0.5, 0.6) is 0 Å². The molecule has 166 valence electrons. The molecule has 0 spiro atoms. The predicted octanol–water partition coefficient (Wildman–Crippen LogP) is -1.34. The van der Waals surface area contributed by atoms with E-state index in [2.05, 4.69) is 10.6 Å². The highest BCUT2D eigenvalue weighted by molar-refractivity contribution is 6.63. The molecule has 0 saturated carbocycles. The van der Waals surface area contributed by atoms with Gasteiger partial charge in [-0.25, -0.2) is 9.59 Å². The molecule has 14 heteroatoms. The maximum absolute atomic E-state index is 12.4. The molecule has 2 amide bonds. The summed E-state index contributed by atoms with van der Waals surface area (Å²) in [6.07, 6.45) is 0. The lowest BCUT2D eigenvalue weighted by molar-refractivity contribution is 0.0687. The van der Waals surface area contributed by atoms with Gasteiger partial charge in [0.05, 0.1) is 22.3 Å². The van der Waals surface area contributed by atoms with E-state index in [9.17, 15) is 48.6 Å². The molecule has 12 nitrogen and oxygen atoms in total. The van der Waals surface area contributed by atoms with E-state index in [0.717, 1.165) is 6.07 Å². The SMILES string of the molecule is C[Si](O)(O)CCNC(=O)c1cc(C(=O)NCC[Si](C)(O)O)c(C(=O)O)cc1C(=O)O. The Hall–Kier alpha value is -2.63. The van der Waals surface area contributed by atoms with Crippen molar-refractivity contribution in [2.45, 2.75) is 25.2 Å². The molecule has 1 rings (SSSR count). The van der Waals surface area contributed by atoms with E-state index in [4.69, 9.17) is 0 Å². The van der Waals surface area contributed by atoms with Crippen LogP contribution >= 0.6 is 0 Å². The van der Waals surface area contributed by atoms with Crippen molar-refractivity contribution in [1.29, 1.82) is 0 Å². The molecule has 0 heterocycles. The van der Waals surface area contributed by atoms with Gasteiger partial charge in [0.2, 0.25) is 0 Å². The van der Waals surface area contributed by atoms with Gasteiger partial charge in [0.1, 0.15) is 0 Å². The Morgan fingerprint density at radius 3 is 1.27 bits per heavy atom. The first-order chi connectivity index (χ1) is 13.6. The lowest BCUT2D eigenvalue weighted by Gasteiger charge is -2.15. The summed E-state index contributed by atoms with van der Waals surface area (Å²) >= 11 is 0. The number of carbonyl (C=O) groups is 4. The maximum atomic E-state index is 12.4. The summed E-state index contributed by atoms with van der Waals surface area (Å²) in [7, 11) is -6.91. The molecule has 8 N–H and O–H groups in total. The molecule has 0 aromatic heterocycles. The van der Waals surface area contributed by atoms with Crippen LogP contribution in [-0.4, -0.2) is 83.4 Å². The van der Waals surface area contributed by atoms with Crippen molar-refractivity contribution in [3.8, 4) is 0 Å². The number of benzene rings is 1. The van der Waals surface area contributed by atoms with Gasteiger partial charge in [-0.15, -0.1) is 0 Å². The first kappa shape index (κ1) is 25.4. The zero-order valence-corrected chi connectivity index (χ0v) is 18.3. The molecule has 0 aliphatic carbocycles. The number of nitrogens with one attached hydrogen (secondary N) is 2. The van der Waals surface area contributed by atoms with Crippen molar-refractivity contribution in [2.75, 3.05) is 13.1 Å². The lowest BCUT2D eigenvalue weighted by atomic mass is 9.97. The molecule has 0 bridgehead atoms. The minimum atomic E-state index is -3.45. The van der Waals surface area contributed by atoms with Crippen molar-refractivity contribution >= 4 is 40.9 Å². The van der Waals surface area contributed by atoms with Crippen LogP contribution in [0.4, 0.5) is 0 Å². The highest BCUT2D eigenvalue weighted by Gasteiger charge is 2.27. The maximum Gasteiger partial charge on any atom is 0.336 e. The van der Waals surface area contributed by atoms with Crippen LogP contribution in [0.3, 0.4) is 0 Å². The number of carboxylic acids is 2. The fourth-order valence-corrected chi connectivity index (χ4v) is 3.54. The summed E-state index contributed by atoms with van der Waals surface area (Å²) in [4.78, 5) is 85.4. The number of amides is 2. The van der Waals surface area contributed by atoms with E-state index >= 15 is 0 Å². The summed E-state index contributed by atoms with van der Waals surface area (Å²) in [5.74, 6) is -5.08. The third kappa shape index (κ3) is 8.01.